The normalized spacial score (nSPS) is 20.3. The molecule has 9 heteroatoms. The molecule has 2 heterocycles. The summed E-state index contributed by atoms with van der Waals surface area (Å²) in [7, 11) is 1.20. The minimum absolute atomic E-state index is 0.0419. The third-order valence-electron chi connectivity index (χ3n) is 4.95. The van der Waals surface area contributed by atoms with Crippen LogP contribution in [0.25, 0.3) is 0 Å². The lowest BCUT2D eigenvalue weighted by Gasteiger charge is -2.34. The molecule has 0 saturated carbocycles. The monoisotopic (exact) mass is 411 g/mol. The van der Waals surface area contributed by atoms with Gasteiger partial charge in [-0.05, 0) is 26.8 Å². The van der Waals surface area contributed by atoms with Crippen LogP contribution >= 0.6 is 0 Å². The van der Waals surface area contributed by atoms with Gasteiger partial charge in [-0.3, -0.25) is 14.5 Å². The van der Waals surface area contributed by atoms with Gasteiger partial charge in [0.15, 0.2) is 5.41 Å². The lowest BCUT2D eigenvalue weighted by Crippen LogP contribution is -2.49. The predicted octanol–water partition coefficient (Wildman–Crippen LogP) is 1.39. The Bertz CT molecular complexity index is 1050. The molecular weight excluding hydrogens is 390 g/mol. The molecule has 0 fully saturated rings. The van der Waals surface area contributed by atoms with E-state index >= 15 is 0 Å². The highest BCUT2D eigenvalue weighted by Gasteiger charge is 2.62. The van der Waals surface area contributed by atoms with Crippen molar-refractivity contribution in [2.75, 3.05) is 18.6 Å². The summed E-state index contributed by atoms with van der Waals surface area (Å²) in [6, 6.07) is 8.49. The lowest BCUT2D eigenvalue weighted by atomic mass is 9.68. The molecule has 2 aliphatic rings. The smallest absolute Gasteiger partial charge is 0.339 e. The molecule has 1 amide bonds. The standard InChI is InChI=1S/C21H21N3O6/c1-11(2)29-19(26)17-12(3)30-18(23)14(9-22)21(17)13-7-5-6-8-15(13)24(20(21)27)10-16(25)28-4/h5-8,11H,10,23H2,1-4H3. The van der Waals surface area contributed by atoms with Gasteiger partial charge in [0.2, 0.25) is 11.8 Å². The van der Waals surface area contributed by atoms with Crippen molar-refractivity contribution in [3.05, 3.63) is 52.6 Å². The van der Waals surface area contributed by atoms with E-state index in [1.54, 1.807) is 38.1 Å². The predicted molar refractivity (Wildman–Crippen MR) is 104 cm³/mol. The number of carbonyl (C=O) groups is 3. The summed E-state index contributed by atoms with van der Waals surface area (Å²) in [6.45, 7) is 4.39. The van der Waals surface area contributed by atoms with Crippen LogP contribution in [0.1, 0.15) is 26.3 Å². The number of rotatable bonds is 4. The number of carbonyl (C=O) groups excluding carboxylic acids is 3. The Morgan fingerprint density at radius 3 is 2.60 bits per heavy atom. The van der Waals surface area contributed by atoms with Crippen molar-refractivity contribution in [1.29, 1.82) is 5.26 Å². The van der Waals surface area contributed by atoms with Gasteiger partial charge in [0, 0.05) is 11.3 Å². The average Bonchev–Trinajstić information content (AvgIpc) is 2.91. The van der Waals surface area contributed by atoms with E-state index in [2.05, 4.69) is 0 Å². The maximum atomic E-state index is 13.8. The summed E-state index contributed by atoms with van der Waals surface area (Å²) in [4.78, 5) is 40.1. The number of anilines is 1. The average molecular weight is 411 g/mol. The fourth-order valence-electron chi connectivity index (χ4n) is 3.84. The van der Waals surface area contributed by atoms with Crippen LogP contribution in [-0.2, 0) is 34.0 Å². The fraction of sp³-hybridized carbons (Fsp3) is 0.333. The highest BCUT2D eigenvalue weighted by Crippen LogP contribution is 2.54. The maximum Gasteiger partial charge on any atom is 0.339 e. The van der Waals surface area contributed by atoms with Gasteiger partial charge in [-0.15, -0.1) is 0 Å². The molecule has 2 aliphatic heterocycles. The first kappa shape index (κ1) is 20.9. The fourth-order valence-corrected chi connectivity index (χ4v) is 3.84. The first-order valence-electron chi connectivity index (χ1n) is 9.18. The number of esters is 2. The molecule has 0 aliphatic carbocycles. The molecule has 1 spiro atoms. The molecule has 1 unspecified atom stereocenters. The molecule has 9 nitrogen and oxygen atoms in total. The molecule has 0 radical (unpaired) electrons. The SMILES string of the molecule is COC(=O)CN1C(=O)C2(C(C#N)=C(N)OC(C)=C2C(=O)OC(C)C)c2ccccc21. The molecule has 1 aromatic rings. The second-order valence-corrected chi connectivity index (χ2v) is 7.07. The second-order valence-electron chi connectivity index (χ2n) is 7.07. The van der Waals surface area contributed by atoms with Crippen LogP contribution in [0.3, 0.4) is 0 Å². The van der Waals surface area contributed by atoms with Crippen molar-refractivity contribution in [2.45, 2.75) is 32.3 Å². The number of para-hydroxylation sites is 1. The van der Waals surface area contributed by atoms with Gasteiger partial charge in [0.1, 0.15) is 29.5 Å². The van der Waals surface area contributed by atoms with E-state index in [1.807, 2.05) is 6.07 Å². The van der Waals surface area contributed by atoms with Crippen LogP contribution < -0.4 is 10.6 Å². The maximum absolute atomic E-state index is 13.8. The number of methoxy groups -OCH3 is 1. The minimum Gasteiger partial charge on any atom is -0.468 e. The molecule has 2 N–H and O–H groups in total. The number of ether oxygens (including phenoxy) is 3. The van der Waals surface area contributed by atoms with Gasteiger partial charge < -0.3 is 19.9 Å². The van der Waals surface area contributed by atoms with Gasteiger partial charge in [0.25, 0.3) is 0 Å². The Hall–Kier alpha value is -3.80. The summed E-state index contributed by atoms with van der Waals surface area (Å²) < 4.78 is 15.5. The first-order chi connectivity index (χ1) is 14.2. The Kier molecular flexibility index (Phi) is 5.27. The summed E-state index contributed by atoms with van der Waals surface area (Å²) in [6.07, 6.45) is -0.485. The number of benzene rings is 1. The molecule has 0 bridgehead atoms. The number of amides is 1. The number of hydrogen-bond donors (Lipinski definition) is 1. The van der Waals surface area contributed by atoms with Crippen LogP contribution in [0.5, 0.6) is 0 Å². The quantitative estimate of drug-likeness (QED) is 0.735. The Morgan fingerprint density at radius 2 is 2.00 bits per heavy atom. The highest BCUT2D eigenvalue weighted by atomic mass is 16.5. The van der Waals surface area contributed by atoms with E-state index in [4.69, 9.17) is 19.9 Å². The molecule has 3 rings (SSSR count). The van der Waals surface area contributed by atoms with Gasteiger partial charge in [-0.25, -0.2) is 4.79 Å². The van der Waals surface area contributed by atoms with Crippen molar-refractivity contribution < 1.29 is 28.6 Å². The molecule has 1 aromatic carbocycles. The van der Waals surface area contributed by atoms with E-state index in [0.717, 1.165) is 0 Å². The number of fused-ring (bicyclic) bond motifs is 2. The largest absolute Gasteiger partial charge is 0.468 e. The zero-order valence-corrected chi connectivity index (χ0v) is 17.0. The van der Waals surface area contributed by atoms with Crippen LogP contribution in [-0.4, -0.2) is 37.6 Å². The van der Waals surface area contributed by atoms with Gasteiger partial charge in [0.05, 0.1) is 13.2 Å². The second kappa shape index (κ2) is 7.55. The van der Waals surface area contributed by atoms with E-state index < -0.39 is 35.9 Å². The van der Waals surface area contributed by atoms with E-state index in [0.29, 0.717) is 11.3 Å². The van der Waals surface area contributed by atoms with Gasteiger partial charge in [-0.1, -0.05) is 18.2 Å². The van der Waals surface area contributed by atoms with Crippen LogP contribution in [0.2, 0.25) is 0 Å². The van der Waals surface area contributed by atoms with Gasteiger partial charge >= 0.3 is 11.9 Å². The van der Waals surface area contributed by atoms with E-state index in [9.17, 15) is 19.6 Å². The summed E-state index contributed by atoms with van der Waals surface area (Å²) in [5, 5.41) is 9.91. The van der Waals surface area contributed by atoms with Crippen molar-refractivity contribution in [3.8, 4) is 6.07 Å². The third-order valence-corrected chi connectivity index (χ3v) is 4.95. The molecular formula is C21H21N3O6. The Morgan fingerprint density at radius 1 is 1.33 bits per heavy atom. The topological polar surface area (TPSA) is 132 Å². The zero-order chi connectivity index (χ0) is 22.2. The van der Waals surface area contributed by atoms with E-state index in [-0.39, 0.29) is 22.8 Å². The summed E-state index contributed by atoms with van der Waals surface area (Å²) in [5.41, 5.74) is 4.39. The van der Waals surface area contributed by atoms with Crippen LogP contribution in [0.4, 0.5) is 5.69 Å². The van der Waals surface area contributed by atoms with Crippen molar-refractivity contribution in [1.82, 2.24) is 0 Å². The summed E-state index contributed by atoms with van der Waals surface area (Å²) in [5.74, 6) is -2.41. The van der Waals surface area contributed by atoms with Crippen molar-refractivity contribution in [2.24, 2.45) is 5.73 Å². The van der Waals surface area contributed by atoms with Crippen molar-refractivity contribution in [3.63, 3.8) is 0 Å². The van der Waals surface area contributed by atoms with Crippen molar-refractivity contribution >= 4 is 23.5 Å². The number of nitriles is 1. The number of allylic oxidation sites excluding steroid dienone is 1. The molecule has 30 heavy (non-hydrogen) atoms. The Balaban J connectivity index is 2.35. The van der Waals surface area contributed by atoms with Crippen LogP contribution in [0, 0.1) is 11.3 Å². The number of nitrogens with two attached hydrogens (primary N) is 1. The number of nitrogens with zero attached hydrogens (tertiary/aromatic N) is 2. The molecule has 0 saturated heterocycles. The molecule has 1 atom stereocenters. The third kappa shape index (κ3) is 2.88. The summed E-state index contributed by atoms with van der Waals surface area (Å²) >= 11 is 0. The van der Waals surface area contributed by atoms with E-state index in [1.165, 1.54) is 18.9 Å². The van der Waals surface area contributed by atoms with Crippen LogP contribution in [0.15, 0.2) is 47.1 Å². The number of hydrogen-bond acceptors (Lipinski definition) is 8. The minimum atomic E-state index is -1.89. The first-order valence-corrected chi connectivity index (χ1v) is 9.18. The highest BCUT2D eigenvalue weighted by molar-refractivity contribution is 6.19. The lowest BCUT2D eigenvalue weighted by molar-refractivity contribution is -0.145. The molecule has 156 valence electrons. The Labute approximate surface area is 173 Å². The molecule has 0 aromatic heterocycles. The zero-order valence-electron chi connectivity index (χ0n) is 17.0. The van der Waals surface area contributed by atoms with Gasteiger partial charge in [-0.2, -0.15) is 5.26 Å².